The molecule has 0 heterocycles. The van der Waals surface area contributed by atoms with Gasteiger partial charge in [0.05, 0.1) is 1.37 Å². The third-order valence-corrected chi connectivity index (χ3v) is 0.840. The van der Waals surface area contributed by atoms with Gasteiger partial charge in [-0.15, -0.1) is 0 Å². The fraction of sp³-hybridized carbons (Fsp3) is 0.667. The van der Waals surface area contributed by atoms with Crippen molar-refractivity contribution in [2.24, 2.45) is 22.2 Å². The molecule has 0 saturated carbocycles. The number of carboxylic acid groups (broad SMARTS) is 1. The van der Waals surface area contributed by atoms with Gasteiger partial charge in [-0.05, 0) is 12.8 Å². The second kappa shape index (κ2) is 5.36. The number of carboxylic acids is 1. The molecular weight excluding hydrogens is 160 g/mol. The lowest BCUT2D eigenvalue weighted by Crippen LogP contribution is -2.30. The SMILES string of the molecule is [2H]C(N=C(N)N)C([2H])C([2H])([2H])[C@H](N)C(=O)O. The van der Waals surface area contributed by atoms with Crippen LogP contribution in [0.25, 0.3) is 0 Å². The smallest absolute Gasteiger partial charge is 0.320 e. The highest BCUT2D eigenvalue weighted by Crippen LogP contribution is 1.94. The second-order valence-corrected chi connectivity index (χ2v) is 1.85. The maximum absolute atomic E-state index is 10.5. The van der Waals surface area contributed by atoms with E-state index in [9.17, 15) is 4.79 Å². The van der Waals surface area contributed by atoms with Gasteiger partial charge in [0.2, 0.25) is 0 Å². The van der Waals surface area contributed by atoms with E-state index < -0.39 is 37.3 Å². The number of hydrogen-bond acceptors (Lipinski definition) is 3. The third-order valence-electron chi connectivity index (χ3n) is 0.840. The molecule has 0 aromatic carbocycles. The van der Waals surface area contributed by atoms with Crippen molar-refractivity contribution in [2.45, 2.75) is 18.8 Å². The number of hydrogen-bond donors (Lipinski definition) is 4. The molecule has 0 bridgehead atoms. The molecule has 3 atom stereocenters. The van der Waals surface area contributed by atoms with Crippen LogP contribution in [0.15, 0.2) is 4.99 Å². The summed E-state index contributed by atoms with van der Waals surface area (Å²) in [6.07, 6.45) is -4.42. The number of rotatable bonds is 5. The standard InChI is InChI=1S/C6H14N4O2/c7-4(5(11)12)2-1-3-10-6(8)9/h4H,1-3,7H2,(H,11,12)(H4,8,9,10)/t4-/m0/s1/i1D,2D2,3D/t1?,3?,4-. The molecule has 6 heteroatoms. The van der Waals surface area contributed by atoms with E-state index in [-0.39, 0.29) is 0 Å². The van der Waals surface area contributed by atoms with Gasteiger partial charge in [0.15, 0.2) is 5.96 Å². The second-order valence-electron chi connectivity index (χ2n) is 1.85. The number of aliphatic imine (C=N–C) groups is 1. The maximum atomic E-state index is 10.5. The van der Waals surface area contributed by atoms with Crippen LogP contribution in [-0.2, 0) is 4.79 Å². The predicted molar refractivity (Wildman–Crippen MR) is 45.5 cm³/mol. The number of nitrogens with zero attached hydrogens (tertiary/aromatic N) is 1. The van der Waals surface area contributed by atoms with Gasteiger partial charge >= 0.3 is 5.97 Å². The molecule has 0 radical (unpaired) electrons. The minimum absolute atomic E-state index is 0.475. The Morgan fingerprint density at radius 3 is 2.67 bits per heavy atom. The molecule has 7 N–H and O–H groups in total. The average molecular weight is 178 g/mol. The van der Waals surface area contributed by atoms with Crippen molar-refractivity contribution in [3.05, 3.63) is 0 Å². The van der Waals surface area contributed by atoms with Crippen molar-refractivity contribution in [3.8, 4) is 0 Å². The Morgan fingerprint density at radius 2 is 2.25 bits per heavy atom. The normalized spacial score (nSPS) is 23.4. The molecule has 0 amide bonds. The van der Waals surface area contributed by atoms with Crippen LogP contribution in [0.5, 0.6) is 0 Å². The number of carbonyl (C=O) groups is 1. The maximum Gasteiger partial charge on any atom is 0.320 e. The molecule has 0 aromatic rings. The Hall–Kier alpha value is -1.30. The van der Waals surface area contributed by atoms with Crippen LogP contribution >= 0.6 is 0 Å². The summed E-state index contributed by atoms with van der Waals surface area (Å²) in [5, 5.41) is 8.54. The van der Waals surface area contributed by atoms with Gasteiger partial charge in [0, 0.05) is 10.6 Å². The van der Waals surface area contributed by atoms with Crippen molar-refractivity contribution in [2.75, 3.05) is 6.52 Å². The zero-order valence-electron chi connectivity index (χ0n) is 10.3. The molecule has 0 aromatic heterocycles. The van der Waals surface area contributed by atoms with Crippen LogP contribution in [0.3, 0.4) is 0 Å². The Morgan fingerprint density at radius 1 is 1.67 bits per heavy atom. The largest absolute Gasteiger partial charge is 0.480 e. The van der Waals surface area contributed by atoms with Gasteiger partial charge in [0.25, 0.3) is 0 Å². The first-order chi connectivity index (χ1) is 7.10. The summed E-state index contributed by atoms with van der Waals surface area (Å²) in [5.41, 5.74) is 15.0. The minimum atomic E-state index is -2.61. The van der Waals surface area contributed by atoms with Gasteiger partial charge in [-0.2, -0.15) is 0 Å². The van der Waals surface area contributed by atoms with E-state index in [1.54, 1.807) is 0 Å². The lowest BCUT2D eigenvalue weighted by molar-refractivity contribution is -0.138. The van der Waals surface area contributed by atoms with Crippen LogP contribution in [-0.4, -0.2) is 29.6 Å². The zero-order chi connectivity index (χ0) is 13.1. The fourth-order valence-electron chi connectivity index (χ4n) is 0.341. The predicted octanol–water partition coefficient (Wildman–Crippen LogP) is -1.55. The quantitative estimate of drug-likeness (QED) is 0.299. The highest BCUT2D eigenvalue weighted by molar-refractivity contribution is 5.75. The van der Waals surface area contributed by atoms with Crippen LogP contribution in [0.4, 0.5) is 0 Å². The van der Waals surface area contributed by atoms with Gasteiger partial charge in [-0.25, -0.2) is 0 Å². The summed E-state index contributed by atoms with van der Waals surface area (Å²) in [7, 11) is 0. The van der Waals surface area contributed by atoms with Crippen molar-refractivity contribution in [1.29, 1.82) is 0 Å². The van der Waals surface area contributed by atoms with E-state index in [2.05, 4.69) is 4.99 Å². The average Bonchev–Trinajstić information content (AvgIpc) is 2.13. The van der Waals surface area contributed by atoms with Crippen LogP contribution in [0, 0.1) is 0 Å². The van der Waals surface area contributed by atoms with E-state index in [0.29, 0.717) is 0 Å². The molecule has 0 saturated heterocycles. The first-order valence-corrected chi connectivity index (χ1v) is 3.02. The zero-order valence-corrected chi connectivity index (χ0v) is 6.27. The molecule has 0 aliphatic carbocycles. The monoisotopic (exact) mass is 178 g/mol. The van der Waals surface area contributed by atoms with Crippen LogP contribution in [0.1, 0.15) is 18.3 Å². The first kappa shape index (κ1) is 5.36. The van der Waals surface area contributed by atoms with Crippen molar-refractivity contribution in [1.82, 2.24) is 0 Å². The first-order valence-electron chi connectivity index (χ1n) is 5.17. The lowest BCUT2D eigenvalue weighted by atomic mass is 10.2. The van der Waals surface area contributed by atoms with Crippen molar-refractivity contribution < 1.29 is 15.4 Å². The van der Waals surface area contributed by atoms with E-state index in [0.717, 1.165) is 0 Å². The molecule has 0 spiro atoms. The minimum Gasteiger partial charge on any atom is -0.480 e. The molecule has 0 aliphatic heterocycles. The van der Waals surface area contributed by atoms with E-state index >= 15 is 0 Å². The molecule has 6 nitrogen and oxygen atoms in total. The lowest BCUT2D eigenvalue weighted by Gasteiger charge is -2.03. The van der Waals surface area contributed by atoms with Crippen LogP contribution < -0.4 is 17.2 Å². The van der Waals surface area contributed by atoms with Crippen molar-refractivity contribution in [3.63, 3.8) is 0 Å². The Balaban J connectivity index is 4.88. The molecule has 12 heavy (non-hydrogen) atoms. The Bertz CT molecular complexity index is 294. The molecule has 0 rings (SSSR count). The molecule has 0 fully saturated rings. The van der Waals surface area contributed by atoms with Gasteiger partial charge in [0.1, 0.15) is 6.04 Å². The summed E-state index contributed by atoms with van der Waals surface area (Å²) in [5.74, 6) is -2.07. The Kier molecular flexibility index (Phi) is 2.40. The summed E-state index contributed by atoms with van der Waals surface area (Å²) in [6.45, 7) is -1.63. The number of aliphatic carboxylic acids is 1. The molecule has 70 valence electrons. The molecule has 2 unspecified atom stereocenters. The van der Waals surface area contributed by atoms with E-state index in [4.69, 9.17) is 27.8 Å². The van der Waals surface area contributed by atoms with Gasteiger partial charge in [-0.3, -0.25) is 9.79 Å². The number of guanidine groups is 1. The summed E-state index contributed by atoms with van der Waals surface area (Å²) < 4.78 is 29.3. The van der Waals surface area contributed by atoms with Crippen LogP contribution in [0.2, 0.25) is 0 Å². The fourth-order valence-corrected chi connectivity index (χ4v) is 0.341. The highest BCUT2D eigenvalue weighted by Gasteiger charge is 2.09. The third kappa shape index (κ3) is 5.48. The molecular formula is C6H14N4O2. The van der Waals surface area contributed by atoms with E-state index in [1.807, 2.05) is 0 Å². The van der Waals surface area contributed by atoms with Gasteiger partial charge < -0.3 is 22.3 Å². The van der Waals surface area contributed by atoms with Crippen molar-refractivity contribution >= 4 is 11.9 Å². The topological polar surface area (TPSA) is 128 Å². The van der Waals surface area contributed by atoms with Gasteiger partial charge in [-0.1, -0.05) is 0 Å². The summed E-state index contributed by atoms with van der Waals surface area (Å²) in [6, 6.07) is -1.92. The van der Waals surface area contributed by atoms with E-state index in [1.165, 1.54) is 0 Å². The highest BCUT2D eigenvalue weighted by atomic mass is 16.4. The summed E-state index contributed by atoms with van der Waals surface area (Å²) in [4.78, 5) is 13.7. The Labute approximate surface area is 76.1 Å². The number of nitrogens with two attached hydrogens (primary N) is 3. The summed E-state index contributed by atoms with van der Waals surface area (Å²) >= 11 is 0. The molecule has 0 aliphatic rings.